The van der Waals surface area contributed by atoms with Crippen molar-refractivity contribution in [2.45, 2.75) is 31.8 Å². The zero-order valence-electron chi connectivity index (χ0n) is 13.1. The molecule has 1 atom stereocenters. The first-order valence-electron chi connectivity index (χ1n) is 7.82. The summed E-state index contributed by atoms with van der Waals surface area (Å²) in [5.74, 6) is 0.258. The van der Waals surface area contributed by atoms with Crippen LogP contribution in [0.15, 0.2) is 30.6 Å². The van der Waals surface area contributed by atoms with Crippen LogP contribution in [-0.2, 0) is 16.6 Å². The largest absolute Gasteiger partial charge is 0.378 e. The minimum absolute atomic E-state index is 0.0625. The molecule has 2 aromatic rings. The van der Waals surface area contributed by atoms with E-state index in [0.717, 1.165) is 31.4 Å². The number of imidazole rings is 1. The van der Waals surface area contributed by atoms with Crippen molar-refractivity contribution in [1.29, 1.82) is 0 Å². The zero-order chi connectivity index (χ0) is 16.2. The molecule has 0 radical (unpaired) electrons. The van der Waals surface area contributed by atoms with Gasteiger partial charge in [0.2, 0.25) is 5.91 Å². The molecule has 1 fully saturated rings. The molecular weight excluding hydrogens is 297 g/mol. The van der Waals surface area contributed by atoms with E-state index < -0.39 is 0 Å². The molecule has 0 spiro atoms. The lowest BCUT2D eigenvalue weighted by atomic mass is 10.1. The van der Waals surface area contributed by atoms with Gasteiger partial charge in [0.25, 0.3) is 0 Å². The van der Waals surface area contributed by atoms with Gasteiger partial charge in [-0.15, -0.1) is 0 Å². The average molecular weight is 317 g/mol. The number of halogens is 1. The van der Waals surface area contributed by atoms with Crippen LogP contribution in [-0.4, -0.2) is 28.2 Å². The van der Waals surface area contributed by atoms with Crippen molar-refractivity contribution < 1.29 is 13.9 Å². The van der Waals surface area contributed by atoms with E-state index in [1.807, 2.05) is 7.05 Å². The number of amides is 1. The van der Waals surface area contributed by atoms with Crippen molar-refractivity contribution in [3.8, 4) is 11.3 Å². The molecule has 0 aliphatic carbocycles. The number of hydrogen-bond donors (Lipinski definition) is 1. The van der Waals surface area contributed by atoms with Gasteiger partial charge in [-0.3, -0.25) is 4.79 Å². The average Bonchev–Trinajstić information content (AvgIpc) is 3.17. The molecule has 0 saturated carbocycles. The Morgan fingerprint density at radius 3 is 2.91 bits per heavy atom. The number of hydrogen-bond acceptors (Lipinski definition) is 3. The SMILES string of the molecule is Cn1cnc(-c2ccc(F)cc2)c1NC(=O)CC[C@@H]1CCCO1. The number of carbonyl (C=O) groups is 1. The Bertz CT molecular complexity index is 676. The highest BCUT2D eigenvalue weighted by Gasteiger charge is 2.18. The summed E-state index contributed by atoms with van der Waals surface area (Å²) in [6.07, 6.45) is 5.08. The van der Waals surface area contributed by atoms with Crippen LogP contribution < -0.4 is 5.32 Å². The Labute approximate surface area is 134 Å². The van der Waals surface area contributed by atoms with E-state index in [-0.39, 0.29) is 17.8 Å². The molecule has 6 heteroatoms. The van der Waals surface area contributed by atoms with Gasteiger partial charge >= 0.3 is 0 Å². The van der Waals surface area contributed by atoms with Gasteiger partial charge in [0, 0.05) is 25.6 Å². The number of aromatic nitrogens is 2. The van der Waals surface area contributed by atoms with Crippen molar-refractivity contribution >= 4 is 11.7 Å². The fraction of sp³-hybridized carbons (Fsp3) is 0.412. The monoisotopic (exact) mass is 317 g/mol. The van der Waals surface area contributed by atoms with Gasteiger partial charge in [-0.1, -0.05) is 0 Å². The third-order valence-corrected chi connectivity index (χ3v) is 4.03. The molecule has 0 bridgehead atoms. The predicted octanol–water partition coefficient (Wildman–Crippen LogP) is 3.12. The third kappa shape index (κ3) is 3.76. The van der Waals surface area contributed by atoms with Crippen molar-refractivity contribution in [2.75, 3.05) is 11.9 Å². The maximum Gasteiger partial charge on any atom is 0.225 e. The summed E-state index contributed by atoms with van der Waals surface area (Å²) in [5, 5.41) is 2.91. The number of anilines is 1. The van der Waals surface area contributed by atoms with Crippen LogP contribution in [0.5, 0.6) is 0 Å². The summed E-state index contributed by atoms with van der Waals surface area (Å²) in [6, 6.07) is 6.07. The van der Waals surface area contributed by atoms with E-state index in [1.54, 1.807) is 23.0 Å². The summed E-state index contributed by atoms with van der Waals surface area (Å²) < 4.78 is 20.3. The number of ether oxygens (including phenoxy) is 1. The molecule has 0 unspecified atom stereocenters. The Hall–Kier alpha value is -2.21. The maximum absolute atomic E-state index is 13.1. The van der Waals surface area contributed by atoms with Gasteiger partial charge in [-0.05, 0) is 43.5 Å². The molecule has 3 rings (SSSR count). The van der Waals surface area contributed by atoms with Crippen LogP contribution in [0.25, 0.3) is 11.3 Å². The summed E-state index contributed by atoms with van der Waals surface area (Å²) in [4.78, 5) is 16.5. The first-order valence-corrected chi connectivity index (χ1v) is 7.82. The molecule has 1 aromatic carbocycles. The number of aryl methyl sites for hydroxylation is 1. The standard InChI is InChI=1S/C17H20FN3O2/c1-21-11-19-16(12-4-6-13(18)7-5-12)17(21)20-15(22)9-8-14-3-2-10-23-14/h4-7,11,14H,2-3,8-10H2,1H3,(H,20,22)/t14-/m0/s1. The van der Waals surface area contributed by atoms with Gasteiger partial charge in [0.15, 0.2) is 0 Å². The molecular formula is C17H20FN3O2. The molecule has 1 saturated heterocycles. The maximum atomic E-state index is 13.1. The molecule has 1 N–H and O–H groups in total. The third-order valence-electron chi connectivity index (χ3n) is 4.03. The number of rotatable bonds is 5. The van der Waals surface area contributed by atoms with Gasteiger partial charge in [-0.25, -0.2) is 9.37 Å². The first-order chi connectivity index (χ1) is 11.1. The van der Waals surface area contributed by atoms with Crippen molar-refractivity contribution in [1.82, 2.24) is 9.55 Å². The van der Waals surface area contributed by atoms with Crippen molar-refractivity contribution in [3.63, 3.8) is 0 Å². The first kappa shape index (κ1) is 15.7. The molecule has 1 aromatic heterocycles. The summed E-state index contributed by atoms with van der Waals surface area (Å²) in [5.41, 5.74) is 1.40. The predicted molar refractivity (Wildman–Crippen MR) is 85.4 cm³/mol. The zero-order valence-corrected chi connectivity index (χ0v) is 13.1. The van der Waals surface area contributed by atoms with E-state index in [9.17, 15) is 9.18 Å². The number of benzene rings is 1. The molecule has 2 heterocycles. The number of carbonyl (C=O) groups excluding carboxylic acids is 1. The summed E-state index contributed by atoms with van der Waals surface area (Å²) >= 11 is 0. The summed E-state index contributed by atoms with van der Waals surface area (Å²) in [6.45, 7) is 0.794. The Morgan fingerprint density at radius 2 is 2.22 bits per heavy atom. The summed E-state index contributed by atoms with van der Waals surface area (Å²) in [7, 11) is 1.82. The van der Waals surface area contributed by atoms with E-state index in [0.29, 0.717) is 17.9 Å². The second-order valence-electron chi connectivity index (χ2n) is 5.78. The molecule has 1 aliphatic heterocycles. The Morgan fingerprint density at radius 1 is 1.43 bits per heavy atom. The van der Waals surface area contributed by atoms with Crippen LogP contribution >= 0.6 is 0 Å². The number of nitrogens with zero attached hydrogens (tertiary/aromatic N) is 2. The van der Waals surface area contributed by atoms with E-state index in [1.165, 1.54) is 12.1 Å². The smallest absolute Gasteiger partial charge is 0.225 e. The molecule has 1 amide bonds. The molecule has 1 aliphatic rings. The van der Waals surface area contributed by atoms with Gasteiger partial charge < -0.3 is 14.6 Å². The van der Waals surface area contributed by atoms with Crippen LogP contribution in [0.2, 0.25) is 0 Å². The Balaban J connectivity index is 1.68. The molecule has 122 valence electrons. The van der Waals surface area contributed by atoms with Gasteiger partial charge in [-0.2, -0.15) is 0 Å². The lowest BCUT2D eigenvalue weighted by Crippen LogP contribution is -2.17. The van der Waals surface area contributed by atoms with E-state index in [4.69, 9.17) is 4.74 Å². The lowest BCUT2D eigenvalue weighted by Gasteiger charge is -2.11. The molecule has 5 nitrogen and oxygen atoms in total. The van der Waals surface area contributed by atoms with E-state index in [2.05, 4.69) is 10.3 Å². The minimum atomic E-state index is -0.299. The fourth-order valence-electron chi connectivity index (χ4n) is 2.76. The highest BCUT2D eigenvalue weighted by atomic mass is 19.1. The second kappa shape index (κ2) is 6.91. The van der Waals surface area contributed by atoms with Gasteiger partial charge in [0.05, 0.1) is 12.4 Å². The molecule has 23 heavy (non-hydrogen) atoms. The van der Waals surface area contributed by atoms with Gasteiger partial charge in [0.1, 0.15) is 17.3 Å². The van der Waals surface area contributed by atoms with Crippen LogP contribution in [0.1, 0.15) is 25.7 Å². The van der Waals surface area contributed by atoms with Crippen LogP contribution in [0.4, 0.5) is 10.2 Å². The fourth-order valence-corrected chi connectivity index (χ4v) is 2.76. The van der Waals surface area contributed by atoms with Crippen LogP contribution in [0.3, 0.4) is 0 Å². The highest BCUT2D eigenvalue weighted by Crippen LogP contribution is 2.26. The quantitative estimate of drug-likeness (QED) is 0.922. The van der Waals surface area contributed by atoms with Crippen LogP contribution in [0, 0.1) is 5.82 Å². The number of nitrogens with one attached hydrogen (secondary N) is 1. The highest BCUT2D eigenvalue weighted by molar-refractivity contribution is 5.93. The topological polar surface area (TPSA) is 56.2 Å². The minimum Gasteiger partial charge on any atom is -0.378 e. The second-order valence-corrected chi connectivity index (χ2v) is 5.78. The Kier molecular flexibility index (Phi) is 4.71. The van der Waals surface area contributed by atoms with Crippen molar-refractivity contribution in [3.05, 3.63) is 36.4 Å². The van der Waals surface area contributed by atoms with E-state index >= 15 is 0 Å². The lowest BCUT2D eigenvalue weighted by molar-refractivity contribution is -0.116. The normalized spacial score (nSPS) is 17.4. The van der Waals surface area contributed by atoms with Crippen molar-refractivity contribution in [2.24, 2.45) is 7.05 Å².